The fourth-order valence-corrected chi connectivity index (χ4v) is 3.43. The van der Waals surface area contributed by atoms with Gasteiger partial charge in [-0.25, -0.2) is 4.79 Å². The molecule has 4 rings (SSSR count). The minimum Gasteiger partial charge on any atom is -0.422 e. The second-order valence-electron chi connectivity index (χ2n) is 6.28. The molecule has 2 aromatic carbocycles. The second kappa shape index (κ2) is 5.27. The summed E-state index contributed by atoms with van der Waals surface area (Å²) in [7, 11) is 0. The van der Waals surface area contributed by atoms with Crippen molar-refractivity contribution in [2.24, 2.45) is 0 Å². The van der Waals surface area contributed by atoms with Crippen molar-refractivity contribution in [3.05, 3.63) is 75.1 Å². The normalized spacial score (nSPS) is 13.6. The summed E-state index contributed by atoms with van der Waals surface area (Å²) in [5.41, 5.74) is 6.34. The van der Waals surface area contributed by atoms with Gasteiger partial charge >= 0.3 is 5.63 Å². The molecular weight excluding hydrogens is 286 g/mol. The number of rotatable bonds is 2. The van der Waals surface area contributed by atoms with E-state index in [-0.39, 0.29) is 5.63 Å². The average Bonchev–Trinajstić information content (AvgIpc) is 2.95. The number of hydrogen-bond donors (Lipinski definition) is 0. The molecule has 3 aromatic rings. The molecule has 0 bridgehead atoms. The Labute approximate surface area is 135 Å². The minimum atomic E-state index is -0.270. The number of fused-ring (bicyclic) bond motifs is 2. The predicted octanol–water partition coefficient (Wildman–Crippen LogP) is 3.97. The summed E-state index contributed by atoms with van der Waals surface area (Å²) in [6, 6.07) is 14.3. The molecule has 0 atom stereocenters. The Hall–Kier alpha value is -2.55. The van der Waals surface area contributed by atoms with Gasteiger partial charge < -0.3 is 9.32 Å². The number of aryl methyl sites for hydroxylation is 2. The molecule has 1 aliphatic rings. The quantitative estimate of drug-likeness (QED) is 0.672. The highest BCUT2D eigenvalue weighted by molar-refractivity contribution is 5.84. The van der Waals surface area contributed by atoms with Crippen LogP contribution in [0.4, 0.5) is 5.69 Å². The van der Waals surface area contributed by atoms with Crippen LogP contribution in [0.5, 0.6) is 0 Å². The maximum Gasteiger partial charge on any atom is 0.336 e. The van der Waals surface area contributed by atoms with E-state index in [0.717, 1.165) is 47.2 Å². The van der Waals surface area contributed by atoms with Crippen LogP contribution in [0.3, 0.4) is 0 Å². The van der Waals surface area contributed by atoms with Gasteiger partial charge in [-0.15, -0.1) is 0 Å². The Bertz CT molecular complexity index is 956. The molecule has 0 saturated carbocycles. The molecule has 1 aliphatic heterocycles. The monoisotopic (exact) mass is 305 g/mol. The summed E-state index contributed by atoms with van der Waals surface area (Å²) in [6.07, 6.45) is 1.06. The Morgan fingerprint density at radius 1 is 1.13 bits per heavy atom. The van der Waals surface area contributed by atoms with Gasteiger partial charge in [-0.2, -0.15) is 0 Å². The zero-order chi connectivity index (χ0) is 16.0. The second-order valence-corrected chi connectivity index (χ2v) is 6.28. The van der Waals surface area contributed by atoms with Crippen LogP contribution < -0.4 is 10.5 Å². The van der Waals surface area contributed by atoms with Crippen LogP contribution in [-0.2, 0) is 13.0 Å². The molecule has 116 valence electrons. The first-order valence-corrected chi connectivity index (χ1v) is 7.99. The zero-order valence-electron chi connectivity index (χ0n) is 13.4. The van der Waals surface area contributed by atoms with E-state index in [9.17, 15) is 4.79 Å². The SMILES string of the molecule is Cc1ccc2c(CN3CCc4ccccc43)cc(=O)oc2c1C. The van der Waals surface area contributed by atoms with Gasteiger partial charge in [-0.3, -0.25) is 0 Å². The van der Waals surface area contributed by atoms with Crippen molar-refractivity contribution in [2.75, 3.05) is 11.4 Å². The van der Waals surface area contributed by atoms with Gasteiger partial charge in [0.25, 0.3) is 0 Å². The number of benzene rings is 2. The summed E-state index contributed by atoms with van der Waals surface area (Å²) >= 11 is 0. The Morgan fingerprint density at radius 2 is 1.96 bits per heavy atom. The van der Waals surface area contributed by atoms with Gasteiger partial charge in [-0.1, -0.05) is 30.3 Å². The Balaban J connectivity index is 1.81. The Morgan fingerprint density at radius 3 is 2.83 bits per heavy atom. The Kier molecular flexibility index (Phi) is 3.22. The molecule has 0 spiro atoms. The van der Waals surface area contributed by atoms with E-state index >= 15 is 0 Å². The summed E-state index contributed by atoms with van der Waals surface area (Å²) in [5, 5.41) is 1.04. The van der Waals surface area contributed by atoms with Gasteiger partial charge in [0.1, 0.15) is 5.58 Å². The largest absolute Gasteiger partial charge is 0.422 e. The molecule has 0 unspecified atom stereocenters. The highest BCUT2D eigenvalue weighted by atomic mass is 16.4. The van der Waals surface area contributed by atoms with Gasteiger partial charge in [0.2, 0.25) is 0 Å². The van der Waals surface area contributed by atoms with Gasteiger partial charge in [0.15, 0.2) is 0 Å². The number of para-hydroxylation sites is 1. The van der Waals surface area contributed by atoms with Gasteiger partial charge in [0, 0.05) is 30.2 Å². The molecule has 3 heteroatoms. The summed E-state index contributed by atoms with van der Waals surface area (Å²) in [6.45, 7) is 5.78. The third-order valence-electron chi connectivity index (χ3n) is 4.86. The van der Waals surface area contributed by atoms with Crippen LogP contribution in [0.2, 0.25) is 0 Å². The van der Waals surface area contributed by atoms with Crippen molar-refractivity contribution in [3.8, 4) is 0 Å². The minimum absolute atomic E-state index is 0.270. The summed E-state index contributed by atoms with van der Waals surface area (Å²) < 4.78 is 5.47. The van der Waals surface area contributed by atoms with E-state index in [1.54, 1.807) is 6.07 Å². The number of hydrogen-bond acceptors (Lipinski definition) is 3. The molecule has 0 aliphatic carbocycles. The van der Waals surface area contributed by atoms with Crippen molar-refractivity contribution in [2.45, 2.75) is 26.8 Å². The molecule has 0 saturated heterocycles. The zero-order valence-corrected chi connectivity index (χ0v) is 13.4. The molecule has 0 fully saturated rings. The van der Waals surface area contributed by atoms with Crippen LogP contribution in [0.1, 0.15) is 22.3 Å². The van der Waals surface area contributed by atoms with E-state index in [0.29, 0.717) is 0 Å². The topological polar surface area (TPSA) is 33.5 Å². The van der Waals surface area contributed by atoms with E-state index < -0.39 is 0 Å². The van der Waals surface area contributed by atoms with Crippen LogP contribution in [0, 0.1) is 13.8 Å². The molecule has 3 nitrogen and oxygen atoms in total. The van der Waals surface area contributed by atoms with Gasteiger partial charge in [-0.05, 0) is 48.6 Å². The van der Waals surface area contributed by atoms with Crippen LogP contribution in [-0.4, -0.2) is 6.54 Å². The summed E-state index contributed by atoms with van der Waals surface area (Å²) in [5.74, 6) is 0. The average molecular weight is 305 g/mol. The van der Waals surface area contributed by atoms with Crippen molar-refractivity contribution < 1.29 is 4.42 Å². The van der Waals surface area contributed by atoms with E-state index in [1.807, 2.05) is 13.8 Å². The van der Waals surface area contributed by atoms with E-state index in [1.165, 1.54) is 11.3 Å². The molecule has 0 radical (unpaired) electrons. The fraction of sp³-hybridized carbons (Fsp3) is 0.250. The molecule has 2 heterocycles. The molecular formula is C20H19NO2. The van der Waals surface area contributed by atoms with Gasteiger partial charge in [0.05, 0.1) is 0 Å². The lowest BCUT2D eigenvalue weighted by atomic mass is 10.0. The van der Waals surface area contributed by atoms with Crippen molar-refractivity contribution in [3.63, 3.8) is 0 Å². The lowest BCUT2D eigenvalue weighted by Crippen LogP contribution is -2.20. The number of nitrogens with zero attached hydrogens (tertiary/aromatic N) is 1. The van der Waals surface area contributed by atoms with Crippen LogP contribution >= 0.6 is 0 Å². The first kappa shape index (κ1) is 14.1. The highest BCUT2D eigenvalue weighted by Crippen LogP contribution is 2.31. The summed E-state index contributed by atoms with van der Waals surface area (Å²) in [4.78, 5) is 14.3. The molecule has 0 amide bonds. The predicted molar refractivity (Wildman–Crippen MR) is 93.2 cm³/mol. The van der Waals surface area contributed by atoms with E-state index in [4.69, 9.17) is 4.42 Å². The maximum absolute atomic E-state index is 12.0. The van der Waals surface area contributed by atoms with Crippen LogP contribution in [0.25, 0.3) is 11.0 Å². The molecule has 0 N–H and O–H groups in total. The lowest BCUT2D eigenvalue weighted by Gasteiger charge is -2.20. The molecule has 1 aromatic heterocycles. The maximum atomic E-state index is 12.0. The fourth-order valence-electron chi connectivity index (χ4n) is 3.43. The molecule has 23 heavy (non-hydrogen) atoms. The number of anilines is 1. The first-order chi connectivity index (χ1) is 11.1. The highest BCUT2D eigenvalue weighted by Gasteiger charge is 2.20. The van der Waals surface area contributed by atoms with E-state index in [2.05, 4.69) is 41.3 Å². The standard InChI is InChI=1S/C20H19NO2/c1-13-7-8-17-16(11-19(22)23-20(17)14(13)2)12-21-10-9-15-5-3-4-6-18(15)21/h3-8,11H,9-10,12H2,1-2H3. The lowest BCUT2D eigenvalue weighted by molar-refractivity contribution is 0.556. The van der Waals surface area contributed by atoms with Crippen molar-refractivity contribution in [1.82, 2.24) is 0 Å². The third kappa shape index (κ3) is 2.33. The third-order valence-corrected chi connectivity index (χ3v) is 4.86. The van der Waals surface area contributed by atoms with Crippen molar-refractivity contribution in [1.29, 1.82) is 0 Å². The van der Waals surface area contributed by atoms with Crippen molar-refractivity contribution >= 4 is 16.7 Å². The first-order valence-electron chi connectivity index (χ1n) is 7.99. The van der Waals surface area contributed by atoms with Crippen LogP contribution in [0.15, 0.2) is 51.7 Å². The smallest absolute Gasteiger partial charge is 0.336 e.